The van der Waals surface area contributed by atoms with Gasteiger partial charge in [0, 0.05) is 12.2 Å². The molecule has 4 heteroatoms. The average molecular weight is 307 g/mol. The molecule has 2 aromatic carbocycles. The summed E-state index contributed by atoms with van der Waals surface area (Å²) in [5, 5.41) is 1.19. The van der Waals surface area contributed by atoms with Crippen LogP contribution in [-0.2, 0) is 6.54 Å². The van der Waals surface area contributed by atoms with E-state index in [9.17, 15) is 0 Å². The molecule has 1 aromatic heterocycles. The first kappa shape index (κ1) is 14.7. The maximum Gasteiger partial charge on any atom is 0.115 e. The predicted octanol–water partition coefficient (Wildman–Crippen LogP) is 3.62. The van der Waals surface area contributed by atoms with Gasteiger partial charge in [0.2, 0.25) is 0 Å². The van der Waals surface area contributed by atoms with Gasteiger partial charge < -0.3 is 4.90 Å². The summed E-state index contributed by atoms with van der Waals surface area (Å²) in [6.45, 7) is 2.87. The fourth-order valence-electron chi connectivity index (χ4n) is 2.36. The molecular formula is C18H18N3P. The fraction of sp³-hybridized carbons (Fsp3) is 0.111. The Balaban J connectivity index is 1.98. The summed E-state index contributed by atoms with van der Waals surface area (Å²) in [5.74, 6) is 0. The molecule has 0 N–H and O–H groups in total. The van der Waals surface area contributed by atoms with Crippen molar-refractivity contribution in [3.05, 3.63) is 78.4 Å². The van der Waals surface area contributed by atoms with Gasteiger partial charge in [0.1, 0.15) is 6.33 Å². The van der Waals surface area contributed by atoms with Crippen LogP contribution in [0, 0.1) is 6.92 Å². The van der Waals surface area contributed by atoms with Crippen LogP contribution in [0.25, 0.3) is 0 Å². The zero-order valence-electron chi connectivity index (χ0n) is 12.5. The van der Waals surface area contributed by atoms with E-state index < -0.39 is 0 Å². The Bertz CT molecular complexity index is 742. The first-order valence-corrected chi connectivity index (χ1v) is 7.74. The van der Waals surface area contributed by atoms with Gasteiger partial charge in [-0.15, -0.1) is 9.24 Å². The summed E-state index contributed by atoms with van der Waals surface area (Å²) in [7, 11) is 2.75. The Morgan fingerprint density at radius 2 is 1.68 bits per heavy atom. The molecule has 0 saturated heterocycles. The summed E-state index contributed by atoms with van der Waals surface area (Å²) in [5.41, 5.74) is 4.62. The minimum atomic E-state index is 0.776. The molecule has 0 aliphatic heterocycles. The van der Waals surface area contributed by atoms with Crippen LogP contribution >= 0.6 is 9.24 Å². The van der Waals surface area contributed by atoms with Crippen molar-refractivity contribution in [1.82, 2.24) is 9.97 Å². The van der Waals surface area contributed by atoms with Gasteiger partial charge in [-0.1, -0.05) is 42.0 Å². The van der Waals surface area contributed by atoms with Crippen LogP contribution in [0.15, 0.2) is 67.3 Å². The molecule has 0 bridgehead atoms. The molecule has 1 heterocycles. The van der Waals surface area contributed by atoms with Crippen molar-refractivity contribution >= 4 is 25.9 Å². The Kier molecular flexibility index (Phi) is 4.45. The summed E-state index contributed by atoms with van der Waals surface area (Å²) in [6.07, 6.45) is 5.24. The molecule has 110 valence electrons. The van der Waals surface area contributed by atoms with Crippen LogP contribution < -0.4 is 10.2 Å². The van der Waals surface area contributed by atoms with Crippen molar-refractivity contribution in [1.29, 1.82) is 0 Å². The van der Waals surface area contributed by atoms with E-state index in [0.717, 1.165) is 17.9 Å². The fourth-order valence-corrected chi connectivity index (χ4v) is 2.69. The second-order valence-corrected chi connectivity index (χ2v) is 5.93. The number of hydrogen-bond acceptors (Lipinski definition) is 3. The van der Waals surface area contributed by atoms with Crippen molar-refractivity contribution in [3.8, 4) is 0 Å². The van der Waals surface area contributed by atoms with Crippen LogP contribution in [0.3, 0.4) is 0 Å². The Morgan fingerprint density at radius 3 is 2.36 bits per heavy atom. The van der Waals surface area contributed by atoms with E-state index >= 15 is 0 Å². The van der Waals surface area contributed by atoms with Crippen molar-refractivity contribution in [2.75, 3.05) is 4.90 Å². The first-order chi connectivity index (χ1) is 10.7. The normalized spacial score (nSPS) is 10.5. The van der Waals surface area contributed by atoms with E-state index in [1.54, 1.807) is 6.33 Å². The number of aromatic nitrogens is 2. The third-order valence-corrected chi connectivity index (χ3v) is 3.86. The second kappa shape index (κ2) is 6.67. The number of hydrogen-bond donors (Lipinski definition) is 0. The summed E-state index contributed by atoms with van der Waals surface area (Å²) in [4.78, 5) is 10.5. The van der Waals surface area contributed by atoms with Gasteiger partial charge >= 0.3 is 0 Å². The van der Waals surface area contributed by atoms with E-state index in [2.05, 4.69) is 79.6 Å². The zero-order valence-corrected chi connectivity index (χ0v) is 13.6. The molecule has 1 unspecified atom stereocenters. The maximum absolute atomic E-state index is 4.15. The summed E-state index contributed by atoms with van der Waals surface area (Å²) >= 11 is 0. The average Bonchev–Trinajstić information content (AvgIpc) is 2.55. The monoisotopic (exact) mass is 307 g/mol. The molecule has 3 aromatic rings. The largest absolute Gasteiger partial charge is 0.334 e. The lowest BCUT2D eigenvalue weighted by Crippen LogP contribution is -2.17. The highest BCUT2D eigenvalue weighted by Gasteiger charge is 2.10. The minimum Gasteiger partial charge on any atom is -0.334 e. The minimum absolute atomic E-state index is 0.776. The lowest BCUT2D eigenvalue weighted by Gasteiger charge is -2.24. The summed E-state index contributed by atoms with van der Waals surface area (Å²) < 4.78 is 0. The van der Waals surface area contributed by atoms with Gasteiger partial charge in [-0.25, -0.2) is 9.97 Å². The predicted molar refractivity (Wildman–Crippen MR) is 94.8 cm³/mol. The van der Waals surface area contributed by atoms with Crippen molar-refractivity contribution in [3.63, 3.8) is 0 Å². The number of benzene rings is 2. The number of rotatable bonds is 4. The number of anilines is 2. The van der Waals surface area contributed by atoms with E-state index in [0.29, 0.717) is 0 Å². The van der Waals surface area contributed by atoms with E-state index in [4.69, 9.17) is 0 Å². The molecular weight excluding hydrogens is 289 g/mol. The zero-order chi connectivity index (χ0) is 15.4. The molecule has 22 heavy (non-hydrogen) atoms. The van der Waals surface area contributed by atoms with Gasteiger partial charge in [-0.2, -0.15) is 0 Å². The first-order valence-electron chi connectivity index (χ1n) is 7.16. The molecule has 3 rings (SSSR count). The highest BCUT2D eigenvalue weighted by atomic mass is 31.0. The van der Waals surface area contributed by atoms with Gasteiger partial charge in [0.05, 0.1) is 18.1 Å². The molecule has 0 aliphatic rings. The lowest BCUT2D eigenvalue weighted by atomic mass is 10.1. The van der Waals surface area contributed by atoms with Crippen LogP contribution in [0.4, 0.5) is 11.4 Å². The topological polar surface area (TPSA) is 29.0 Å². The van der Waals surface area contributed by atoms with Crippen LogP contribution in [0.5, 0.6) is 0 Å². The molecule has 0 amide bonds. The van der Waals surface area contributed by atoms with E-state index in [1.165, 1.54) is 16.4 Å². The molecule has 0 fully saturated rings. The Morgan fingerprint density at radius 1 is 0.955 bits per heavy atom. The lowest BCUT2D eigenvalue weighted by molar-refractivity contribution is 0.958. The van der Waals surface area contributed by atoms with Crippen LogP contribution in [0.2, 0.25) is 0 Å². The molecule has 0 spiro atoms. The highest BCUT2D eigenvalue weighted by molar-refractivity contribution is 7.27. The maximum atomic E-state index is 4.15. The van der Waals surface area contributed by atoms with Gasteiger partial charge in [0.25, 0.3) is 0 Å². The Labute approximate surface area is 133 Å². The highest BCUT2D eigenvalue weighted by Crippen LogP contribution is 2.26. The van der Waals surface area contributed by atoms with Gasteiger partial charge in [0.15, 0.2) is 0 Å². The summed E-state index contributed by atoms with van der Waals surface area (Å²) in [6, 6.07) is 17.0. The third-order valence-electron chi connectivity index (χ3n) is 3.50. The van der Waals surface area contributed by atoms with Crippen LogP contribution in [0.1, 0.15) is 11.1 Å². The molecule has 0 radical (unpaired) electrons. The smallest absolute Gasteiger partial charge is 0.115 e. The van der Waals surface area contributed by atoms with E-state index in [-0.39, 0.29) is 0 Å². The van der Waals surface area contributed by atoms with Gasteiger partial charge in [-0.3, -0.25) is 0 Å². The quantitative estimate of drug-likeness (QED) is 0.689. The van der Waals surface area contributed by atoms with Crippen molar-refractivity contribution < 1.29 is 0 Å². The number of nitrogens with zero attached hydrogens (tertiary/aromatic N) is 3. The third kappa shape index (κ3) is 3.49. The molecule has 3 nitrogen and oxygen atoms in total. The number of aryl methyl sites for hydroxylation is 1. The second-order valence-electron chi connectivity index (χ2n) is 5.26. The van der Waals surface area contributed by atoms with Crippen molar-refractivity contribution in [2.24, 2.45) is 0 Å². The molecule has 0 saturated carbocycles. The van der Waals surface area contributed by atoms with Crippen LogP contribution in [-0.4, -0.2) is 9.97 Å². The standard InChI is InChI=1S/C18H18N3P/c1-14-5-7-16(8-6-14)21(17-10-19-13-20-11-17)12-15-3-2-4-18(22)9-15/h2-11,13H,12,22H2,1H3. The molecule has 1 atom stereocenters. The Hall–Kier alpha value is -2.25. The van der Waals surface area contributed by atoms with E-state index in [1.807, 2.05) is 12.4 Å². The van der Waals surface area contributed by atoms with Crippen molar-refractivity contribution in [2.45, 2.75) is 13.5 Å². The SMILES string of the molecule is Cc1ccc(N(Cc2cccc(P)c2)c2cncnc2)cc1. The molecule has 0 aliphatic carbocycles. The van der Waals surface area contributed by atoms with Gasteiger partial charge in [-0.05, 0) is 29.9 Å².